The lowest BCUT2D eigenvalue weighted by molar-refractivity contribution is -0.184. The average molecular weight is 631 g/mol. The average Bonchev–Trinajstić information content (AvgIpc) is 3.00. The van der Waals surface area contributed by atoms with Crippen molar-refractivity contribution >= 4 is 17.6 Å². The van der Waals surface area contributed by atoms with Gasteiger partial charge in [-0.25, -0.2) is 0 Å². The number of aromatic nitrogens is 2. The highest BCUT2D eigenvalue weighted by molar-refractivity contribution is 6.30. The number of carbonyl (C=O) groups is 1. The number of esters is 1. The molecule has 3 saturated carbocycles. The molecule has 5 aliphatic rings. The van der Waals surface area contributed by atoms with Gasteiger partial charge in [-0.2, -0.15) is 0 Å². The Labute approximate surface area is 274 Å². The molecule has 0 radical (unpaired) electrons. The van der Waals surface area contributed by atoms with Gasteiger partial charge in [0.05, 0.1) is 23.4 Å². The summed E-state index contributed by atoms with van der Waals surface area (Å²) in [6.07, 6.45) is 15.1. The van der Waals surface area contributed by atoms with Crippen LogP contribution in [0, 0.1) is 44.8 Å². The van der Waals surface area contributed by atoms with Gasteiger partial charge in [0.1, 0.15) is 6.61 Å². The van der Waals surface area contributed by atoms with E-state index in [2.05, 4.69) is 47.6 Å². The predicted octanol–water partition coefficient (Wildman–Crippen LogP) is 8.66. The second-order valence-electron chi connectivity index (χ2n) is 17.2. The zero-order valence-electron chi connectivity index (χ0n) is 28.1. The summed E-state index contributed by atoms with van der Waals surface area (Å²) in [5, 5.41) is 11.6. The molecule has 6 heteroatoms. The number of nitrogens with zero attached hydrogens (tertiary/aromatic N) is 2. The topological polar surface area (TPSA) is 72.3 Å². The zero-order chi connectivity index (χ0) is 32.0. The summed E-state index contributed by atoms with van der Waals surface area (Å²) in [7, 11) is 0. The van der Waals surface area contributed by atoms with Gasteiger partial charge in [-0.15, -0.1) is 0 Å². The number of hydrogen-bond donors (Lipinski definition) is 1. The van der Waals surface area contributed by atoms with E-state index in [-0.39, 0.29) is 46.8 Å². The monoisotopic (exact) mass is 630 g/mol. The second kappa shape index (κ2) is 10.4. The molecule has 45 heavy (non-hydrogen) atoms. The summed E-state index contributed by atoms with van der Waals surface area (Å²) in [5.41, 5.74) is 3.91. The molecule has 0 amide bonds. The minimum absolute atomic E-state index is 0.00300. The van der Waals surface area contributed by atoms with Crippen molar-refractivity contribution in [2.24, 2.45) is 44.8 Å². The van der Waals surface area contributed by atoms with Gasteiger partial charge in [-0.05, 0) is 115 Å². The van der Waals surface area contributed by atoms with Crippen molar-refractivity contribution in [2.75, 3.05) is 6.61 Å². The Hall–Kier alpha value is -2.24. The fourth-order valence-electron chi connectivity index (χ4n) is 11.9. The summed E-state index contributed by atoms with van der Waals surface area (Å²) < 4.78 is 6.19. The molecule has 0 saturated heterocycles. The first-order valence-electron chi connectivity index (χ1n) is 17.3. The molecule has 8 atom stereocenters. The van der Waals surface area contributed by atoms with Crippen molar-refractivity contribution in [2.45, 2.75) is 111 Å². The van der Waals surface area contributed by atoms with E-state index in [1.165, 1.54) is 5.57 Å². The second-order valence-corrected chi connectivity index (χ2v) is 17.6. The highest BCUT2D eigenvalue weighted by atomic mass is 35.5. The van der Waals surface area contributed by atoms with Crippen LogP contribution in [0.5, 0.6) is 0 Å². The van der Waals surface area contributed by atoms with Crippen molar-refractivity contribution in [1.29, 1.82) is 0 Å². The number of aliphatic hydroxyl groups excluding tert-OH is 1. The maximum Gasteiger partial charge on any atom is 0.313 e. The lowest BCUT2D eigenvalue weighted by Crippen LogP contribution is -2.65. The smallest absolute Gasteiger partial charge is 0.313 e. The third-order valence-electron chi connectivity index (χ3n) is 14.5. The molecule has 1 heterocycles. The van der Waals surface area contributed by atoms with E-state index in [4.69, 9.17) is 26.3 Å². The van der Waals surface area contributed by atoms with Gasteiger partial charge in [-0.1, -0.05) is 76.9 Å². The number of rotatable bonds is 4. The van der Waals surface area contributed by atoms with Crippen LogP contribution < -0.4 is 0 Å². The van der Waals surface area contributed by atoms with Crippen LogP contribution in [0.25, 0.3) is 0 Å². The van der Waals surface area contributed by atoms with E-state index >= 15 is 0 Å². The molecule has 3 fully saturated rings. The minimum Gasteiger partial charge on any atom is -0.460 e. The Kier molecular flexibility index (Phi) is 7.23. The lowest BCUT2D eigenvalue weighted by Gasteiger charge is -2.70. The number of ether oxygens (including phenoxy) is 1. The van der Waals surface area contributed by atoms with Crippen LogP contribution in [0.4, 0.5) is 0 Å². The molecule has 0 spiro atoms. The van der Waals surface area contributed by atoms with Crippen molar-refractivity contribution < 1.29 is 14.6 Å². The highest BCUT2D eigenvalue weighted by Gasteiger charge is 2.69. The van der Waals surface area contributed by atoms with Gasteiger partial charge in [-0.3, -0.25) is 14.8 Å². The van der Waals surface area contributed by atoms with Crippen LogP contribution in [-0.4, -0.2) is 27.7 Å². The van der Waals surface area contributed by atoms with Crippen molar-refractivity contribution in [3.05, 3.63) is 70.3 Å². The molecule has 5 nitrogen and oxygen atoms in total. The molecule has 0 bridgehead atoms. The summed E-state index contributed by atoms with van der Waals surface area (Å²) in [4.78, 5) is 24.0. The first kappa shape index (κ1) is 31.4. The number of carbonyl (C=O) groups excluding carboxylic acids is 1. The van der Waals surface area contributed by atoms with Crippen LogP contribution in [0.2, 0.25) is 5.02 Å². The number of allylic oxidation sites excluding steroid dienone is 2. The number of halogens is 1. The molecule has 7 rings (SSSR count). The van der Waals surface area contributed by atoms with Gasteiger partial charge in [0.2, 0.25) is 0 Å². The molecule has 0 aliphatic heterocycles. The first-order valence-corrected chi connectivity index (χ1v) is 17.6. The highest BCUT2D eigenvalue weighted by Crippen LogP contribution is 2.75. The van der Waals surface area contributed by atoms with Gasteiger partial charge in [0.15, 0.2) is 0 Å². The predicted molar refractivity (Wildman–Crippen MR) is 177 cm³/mol. The van der Waals surface area contributed by atoms with Crippen molar-refractivity contribution in [3.63, 3.8) is 0 Å². The molecule has 2 aromatic rings. The van der Waals surface area contributed by atoms with Crippen molar-refractivity contribution in [1.82, 2.24) is 9.97 Å². The first-order chi connectivity index (χ1) is 21.2. The normalized spacial score (nSPS) is 41.3. The van der Waals surface area contributed by atoms with Gasteiger partial charge in [0.25, 0.3) is 0 Å². The number of benzene rings is 1. The van der Waals surface area contributed by atoms with Gasteiger partial charge < -0.3 is 9.84 Å². The molecular weight excluding hydrogens is 580 g/mol. The van der Waals surface area contributed by atoms with E-state index in [0.29, 0.717) is 16.9 Å². The summed E-state index contributed by atoms with van der Waals surface area (Å²) in [5.74, 6) is 0.969. The van der Waals surface area contributed by atoms with E-state index in [1.54, 1.807) is 6.20 Å². The quantitative estimate of drug-likeness (QED) is 0.270. The van der Waals surface area contributed by atoms with Gasteiger partial charge in [0, 0.05) is 22.8 Å². The van der Waals surface area contributed by atoms with Gasteiger partial charge >= 0.3 is 5.97 Å². The maximum absolute atomic E-state index is 14.3. The molecule has 0 unspecified atom stereocenters. The summed E-state index contributed by atoms with van der Waals surface area (Å²) >= 11 is 6.24. The number of hydrogen-bond acceptors (Lipinski definition) is 5. The molecule has 1 N–H and O–H groups in total. The molecular formula is C39H51ClN2O3. The molecule has 1 aromatic heterocycles. The molecule has 242 valence electrons. The van der Waals surface area contributed by atoms with Crippen LogP contribution in [0.1, 0.15) is 110 Å². The Bertz CT molecular complexity index is 1550. The van der Waals surface area contributed by atoms with Crippen LogP contribution in [-0.2, 0) is 28.0 Å². The lowest BCUT2D eigenvalue weighted by atomic mass is 9.33. The zero-order valence-corrected chi connectivity index (χ0v) is 28.8. The van der Waals surface area contributed by atoms with Crippen LogP contribution >= 0.6 is 11.6 Å². The molecule has 1 aromatic carbocycles. The van der Waals surface area contributed by atoms with Crippen molar-refractivity contribution in [3.8, 4) is 0 Å². The largest absolute Gasteiger partial charge is 0.460 e. The fraction of sp³-hybridized carbons (Fsp3) is 0.667. The minimum atomic E-state index is -0.474. The van der Waals surface area contributed by atoms with Crippen LogP contribution in [0.15, 0.2) is 48.3 Å². The Morgan fingerprint density at radius 2 is 1.76 bits per heavy atom. The van der Waals surface area contributed by atoms with E-state index in [9.17, 15) is 9.90 Å². The SMILES string of the molecule is CC1(C)CC[C@]2(C(=O)OCc3cccc(Cl)c3)CC[C@]3(C)C(=CC[C@@H]4[C@@]5(C)Cc6nccnc6[C@@](C)(CO)[C@@H]5CC[C@]43C)[C@@H]2C1. The Morgan fingerprint density at radius 1 is 1.00 bits per heavy atom. The van der Waals surface area contributed by atoms with E-state index in [0.717, 1.165) is 74.7 Å². The number of aliphatic hydroxyl groups is 1. The standard InChI is InChI=1S/C39H51ClN2O3/c1-34(2)14-16-39(33(44)45-23-25-8-7-9-26(40)20-25)17-15-37(5)27(28(39)21-34)10-11-31-35(3)22-29-32(42-19-18-41-29)36(4,24-43)30(35)12-13-38(31,37)6/h7-10,18-20,28,30-31,43H,11-17,21-24H2,1-6H3/t28-,30+,31+,35-,36-,37+,38+,39-/m0/s1. The summed E-state index contributed by atoms with van der Waals surface area (Å²) in [6.45, 7) is 15.0. The third-order valence-corrected chi connectivity index (χ3v) is 14.8. The van der Waals surface area contributed by atoms with E-state index in [1.807, 2.05) is 30.5 Å². The fourth-order valence-corrected chi connectivity index (χ4v) is 12.1. The Balaban J connectivity index is 1.26. The summed E-state index contributed by atoms with van der Waals surface area (Å²) in [6, 6.07) is 7.65. The third kappa shape index (κ3) is 4.38. The van der Waals surface area contributed by atoms with Crippen LogP contribution in [0.3, 0.4) is 0 Å². The Morgan fingerprint density at radius 3 is 2.51 bits per heavy atom. The number of fused-ring (bicyclic) bond motifs is 8. The molecule has 5 aliphatic carbocycles. The van der Waals surface area contributed by atoms with E-state index < -0.39 is 10.8 Å². The maximum atomic E-state index is 14.3.